The van der Waals surface area contributed by atoms with E-state index in [4.69, 9.17) is 14.2 Å². The number of methoxy groups -OCH3 is 3. The second-order valence-corrected chi connectivity index (χ2v) is 5.80. The maximum atomic E-state index is 5.39. The Balaban J connectivity index is 2.74. The van der Waals surface area contributed by atoms with Crippen LogP contribution in [-0.2, 0) is 10.2 Å². The number of nitrogens with one attached hydrogen (secondary N) is 2. The summed E-state index contributed by atoms with van der Waals surface area (Å²) < 4.78 is 15.7. The van der Waals surface area contributed by atoms with Gasteiger partial charge in [0.1, 0.15) is 0 Å². The normalized spacial score (nSPS) is 12.0. The molecule has 0 radical (unpaired) electrons. The lowest BCUT2D eigenvalue weighted by Gasteiger charge is -2.27. The first kappa shape index (κ1) is 19.1. The monoisotopic (exact) mass is 323 g/mol. The summed E-state index contributed by atoms with van der Waals surface area (Å²) >= 11 is 0. The van der Waals surface area contributed by atoms with Gasteiger partial charge in [-0.2, -0.15) is 0 Å². The molecule has 0 amide bonds. The first-order chi connectivity index (χ1) is 11.0. The third-order valence-corrected chi connectivity index (χ3v) is 3.69. The average molecular weight is 323 g/mol. The van der Waals surface area contributed by atoms with Gasteiger partial charge < -0.3 is 24.8 Å². The summed E-state index contributed by atoms with van der Waals surface area (Å²) in [6.07, 6.45) is 0. The molecule has 130 valence electrons. The average Bonchev–Trinajstić information content (AvgIpc) is 2.57. The third-order valence-electron chi connectivity index (χ3n) is 3.69. The minimum atomic E-state index is -0.0988. The Kier molecular flexibility index (Phi) is 7.68. The van der Waals surface area contributed by atoms with E-state index in [0.717, 1.165) is 29.6 Å². The fraction of sp³-hybridized carbons (Fsp3) is 0.588. The number of ether oxygens (including phenoxy) is 3. The Morgan fingerprint density at radius 2 is 1.78 bits per heavy atom. The fourth-order valence-electron chi connectivity index (χ4n) is 2.16. The number of aliphatic imine (C=N–C) groups is 1. The van der Waals surface area contributed by atoms with E-state index >= 15 is 0 Å². The molecule has 0 aliphatic heterocycles. The zero-order valence-electron chi connectivity index (χ0n) is 15.0. The summed E-state index contributed by atoms with van der Waals surface area (Å²) in [4.78, 5) is 4.21. The molecule has 0 aromatic heterocycles. The van der Waals surface area contributed by atoms with Crippen LogP contribution in [0.5, 0.6) is 11.5 Å². The van der Waals surface area contributed by atoms with Crippen molar-refractivity contribution in [2.75, 3.05) is 48.1 Å². The molecular weight excluding hydrogens is 294 g/mol. The molecule has 6 heteroatoms. The van der Waals surface area contributed by atoms with Crippen LogP contribution in [0.4, 0.5) is 0 Å². The SMILES string of the molecule is CN=C(NCCOC)NCC(C)(C)c1ccc(OC)c(OC)c1. The van der Waals surface area contributed by atoms with Gasteiger partial charge in [0.2, 0.25) is 0 Å². The third kappa shape index (κ3) is 5.63. The van der Waals surface area contributed by atoms with Crippen LogP contribution >= 0.6 is 0 Å². The van der Waals surface area contributed by atoms with Gasteiger partial charge in [0.25, 0.3) is 0 Å². The second-order valence-electron chi connectivity index (χ2n) is 5.80. The van der Waals surface area contributed by atoms with Crippen LogP contribution < -0.4 is 20.1 Å². The van der Waals surface area contributed by atoms with Gasteiger partial charge in [0, 0.05) is 32.7 Å². The first-order valence-corrected chi connectivity index (χ1v) is 7.64. The molecule has 1 rings (SSSR count). The van der Waals surface area contributed by atoms with Crippen LogP contribution in [0.15, 0.2) is 23.2 Å². The summed E-state index contributed by atoms with van der Waals surface area (Å²) in [6, 6.07) is 6.01. The number of hydrogen-bond donors (Lipinski definition) is 2. The number of guanidine groups is 1. The van der Waals surface area contributed by atoms with Gasteiger partial charge in [-0.15, -0.1) is 0 Å². The summed E-state index contributed by atoms with van der Waals surface area (Å²) in [5.74, 6) is 2.23. The summed E-state index contributed by atoms with van der Waals surface area (Å²) in [5, 5.41) is 6.55. The van der Waals surface area contributed by atoms with Crippen molar-refractivity contribution in [2.24, 2.45) is 4.99 Å². The molecule has 0 aliphatic rings. The van der Waals surface area contributed by atoms with E-state index in [1.54, 1.807) is 28.4 Å². The molecule has 1 aromatic carbocycles. The van der Waals surface area contributed by atoms with Crippen molar-refractivity contribution in [2.45, 2.75) is 19.3 Å². The highest BCUT2D eigenvalue weighted by atomic mass is 16.5. The Morgan fingerprint density at radius 1 is 1.09 bits per heavy atom. The predicted molar refractivity (Wildman–Crippen MR) is 93.8 cm³/mol. The van der Waals surface area contributed by atoms with Gasteiger partial charge >= 0.3 is 0 Å². The van der Waals surface area contributed by atoms with Crippen LogP contribution in [0.3, 0.4) is 0 Å². The molecule has 1 aromatic rings. The lowest BCUT2D eigenvalue weighted by atomic mass is 9.84. The molecule has 2 N–H and O–H groups in total. The molecule has 0 saturated carbocycles. The van der Waals surface area contributed by atoms with Crippen molar-refractivity contribution in [1.82, 2.24) is 10.6 Å². The zero-order chi connectivity index (χ0) is 17.3. The maximum Gasteiger partial charge on any atom is 0.191 e. The maximum absolute atomic E-state index is 5.39. The van der Waals surface area contributed by atoms with Gasteiger partial charge in [0.15, 0.2) is 17.5 Å². The Bertz CT molecular complexity index is 516. The molecule has 0 bridgehead atoms. The van der Waals surface area contributed by atoms with E-state index in [9.17, 15) is 0 Å². The van der Waals surface area contributed by atoms with Gasteiger partial charge in [0.05, 0.1) is 20.8 Å². The van der Waals surface area contributed by atoms with E-state index in [1.807, 2.05) is 12.1 Å². The number of benzene rings is 1. The lowest BCUT2D eigenvalue weighted by Crippen LogP contribution is -2.44. The smallest absolute Gasteiger partial charge is 0.191 e. The summed E-state index contributed by atoms with van der Waals surface area (Å²) in [5.41, 5.74) is 1.06. The standard InChI is InChI=1S/C17H29N3O3/c1-17(2,12-20-16(18-3)19-9-10-21-4)13-7-8-14(22-5)15(11-13)23-6/h7-8,11H,9-10,12H2,1-6H3,(H2,18,19,20). The van der Waals surface area contributed by atoms with Gasteiger partial charge in [-0.1, -0.05) is 19.9 Å². The fourth-order valence-corrected chi connectivity index (χ4v) is 2.16. The lowest BCUT2D eigenvalue weighted by molar-refractivity contribution is 0.203. The highest BCUT2D eigenvalue weighted by molar-refractivity contribution is 5.79. The van der Waals surface area contributed by atoms with E-state index in [-0.39, 0.29) is 5.41 Å². The second kappa shape index (κ2) is 9.25. The van der Waals surface area contributed by atoms with Crippen LogP contribution in [0, 0.1) is 0 Å². The number of nitrogens with zero attached hydrogens (tertiary/aromatic N) is 1. The van der Waals surface area contributed by atoms with Crippen LogP contribution in [0.1, 0.15) is 19.4 Å². The molecule has 0 saturated heterocycles. The minimum absolute atomic E-state index is 0.0988. The van der Waals surface area contributed by atoms with E-state index in [0.29, 0.717) is 13.2 Å². The van der Waals surface area contributed by atoms with Crippen LogP contribution in [0.2, 0.25) is 0 Å². The molecule has 0 heterocycles. The highest BCUT2D eigenvalue weighted by Gasteiger charge is 2.22. The highest BCUT2D eigenvalue weighted by Crippen LogP contribution is 2.32. The Morgan fingerprint density at radius 3 is 2.35 bits per heavy atom. The Labute approximate surface area is 139 Å². The minimum Gasteiger partial charge on any atom is -0.493 e. The summed E-state index contributed by atoms with van der Waals surface area (Å²) in [7, 11) is 6.72. The number of rotatable bonds is 8. The topological polar surface area (TPSA) is 64.1 Å². The first-order valence-electron chi connectivity index (χ1n) is 7.64. The van der Waals surface area contributed by atoms with Crippen molar-refractivity contribution in [1.29, 1.82) is 0 Å². The van der Waals surface area contributed by atoms with Crippen molar-refractivity contribution in [3.63, 3.8) is 0 Å². The van der Waals surface area contributed by atoms with Gasteiger partial charge in [-0.3, -0.25) is 4.99 Å². The van der Waals surface area contributed by atoms with Crippen LogP contribution in [0.25, 0.3) is 0 Å². The molecule has 23 heavy (non-hydrogen) atoms. The molecule has 0 spiro atoms. The molecule has 0 aliphatic carbocycles. The van der Waals surface area contributed by atoms with Crippen molar-refractivity contribution >= 4 is 5.96 Å². The molecule has 0 atom stereocenters. The largest absolute Gasteiger partial charge is 0.493 e. The van der Waals surface area contributed by atoms with Crippen LogP contribution in [-0.4, -0.2) is 54.0 Å². The molecule has 0 fully saturated rings. The molecule has 6 nitrogen and oxygen atoms in total. The van der Waals surface area contributed by atoms with Crippen molar-refractivity contribution < 1.29 is 14.2 Å². The van der Waals surface area contributed by atoms with Gasteiger partial charge in [-0.25, -0.2) is 0 Å². The molecule has 0 unspecified atom stereocenters. The Hall–Kier alpha value is -1.95. The van der Waals surface area contributed by atoms with E-state index in [2.05, 4.69) is 35.5 Å². The zero-order valence-corrected chi connectivity index (χ0v) is 15.0. The van der Waals surface area contributed by atoms with E-state index < -0.39 is 0 Å². The van der Waals surface area contributed by atoms with Crippen molar-refractivity contribution in [3.05, 3.63) is 23.8 Å². The summed E-state index contributed by atoms with van der Waals surface area (Å²) in [6.45, 7) is 6.43. The molecular formula is C17H29N3O3. The van der Waals surface area contributed by atoms with Crippen molar-refractivity contribution in [3.8, 4) is 11.5 Å². The number of hydrogen-bond acceptors (Lipinski definition) is 4. The quantitative estimate of drug-likeness (QED) is 0.434. The van der Waals surface area contributed by atoms with Gasteiger partial charge in [-0.05, 0) is 17.7 Å². The van der Waals surface area contributed by atoms with E-state index in [1.165, 1.54) is 0 Å². The predicted octanol–water partition coefficient (Wildman–Crippen LogP) is 1.79.